The van der Waals surface area contributed by atoms with Crippen molar-refractivity contribution >= 4 is 5.91 Å². The maximum Gasteiger partial charge on any atom is 0.244 e. The third kappa shape index (κ3) is 2.04. The summed E-state index contributed by atoms with van der Waals surface area (Å²) in [7, 11) is 0. The number of rotatable bonds is 1. The molecule has 0 bridgehead atoms. The second-order valence-electron chi connectivity index (χ2n) is 4.47. The van der Waals surface area contributed by atoms with Gasteiger partial charge in [-0.15, -0.1) is 0 Å². The highest BCUT2D eigenvalue weighted by molar-refractivity contribution is 5.73. The van der Waals surface area contributed by atoms with Crippen LogP contribution in [0, 0.1) is 5.41 Å². The van der Waals surface area contributed by atoms with Gasteiger partial charge in [0.1, 0.15) is 0 Å². The number of carbonyl (C=O) groups is 1. The topological polar surface area (TPSA) is 20.3 Å². The monoisotopic (exact) mass is 205 g/mol. The lowest BCUT2D eigenvalue weighted by Gasteiger charge is -2.42. The highest BCUT2D eigenvalue weighted by Crippen LogP contribution is 2.39. The van der Waals surface area contributed by atoms with E-state index in [0.29, 0.717) is 19.4 Å². The number of hydrogen-bond donors (Lipinski definition) is 0. The van der Waals surface area contributed by atoms with Gasteiger partial charge < -0.3 is 4.90 Å². The Kier molecular flexibility index (Phi) is 3.12. The average Bonchev–Trinajstić information content (AvgIpc) is 2.02. The molecule has 1 aliphatic rings. The van der Waals surface area contributed by atoms with Crippen LogP contribution in [0.15, 0.2) is 0 Å². The Morgan fingerprint density at radius 1 is 1.57 bits per heavy atom. The predicted octanol–water partition coefficient (Wildman–Crippen LogP) is 2.29. The van der Waals surface area contributed by atoms with Crippen molar-refractivity contribution in [2.45, 2.75) is 46.1 Å². The van der Waals surface area contributed by atoms with E-state index in [2.05, 4.69) is 0 Å². The third-order valence-corrected chi connectivity index (χ3v) is 3.15. The van der Waals surface area contributed by atoms with Gasteiger partial charge in [0.15, 0.2) is 0 Å². The van der Waals surface area contributed by atoms with Gasteiger partial charge >= 0.3 is 0 Å². The molecule has 1 aliphatic heterocycles. The van der Waals surface area contributed by atoms with E-state index in [-0.39, 0.29) is 11.9 Å². The van der Waals surface area contributed by atoms with Crippen molar-refractivity contribution < 1.29 is 13.6 Å². The Hall–Kier alpha value is -0.670. The minimum atomic E-state index is -2.29. The Morgan fingerprint density at radius 3 is 2.50 bits per heavy atom. The summed E-state index contributed by atoms with van der Waals surface area (Å²) in [4.78, 5) is 12.8. The fourth-order valence-corrected chi connectivity index (χ4v) is 2.15. The van der Waals surface area contributed by atoms with E-state index in [1.165, 1.54) is 6.92 Å². The van der Waals surface area contributed by atoms with Crippen LogP contribution < -0.4 is 0 Å². The van der Waals surface area contributed by atoms with E-state index < -0.39 is 11.8 Å². The Labute approximate surface area is 83.3 Å². The standard InChI is InChI=1S/C10H17F2NO/c1-7-6-10(3,9(11)12)4-5-13(7)8(2)14/h7,9H,4-6H2,1-3H3. The lowest BCUT2D eigenvalue weighted by molar-refractivity contribution is -0.137. The Bertz CT molecular complexity index is 232. The second kappa shape index (κ2) is 3.83. The van der Waals surface area contributed by atoms with Crippen LogP contribution in [0.25, 0.3) is 0 Å². The van der Waals surface area contributed by atoms with Crippen LogP contribution in [0.4, 0.5) is 8.78 Å². The number of carbonyl (C=O) groups excluding carboxylic acids is 1. The average molecular weight is 205 g/mol. The van der Waals surface area contributed by atoms with Crippen molar-refractivity contribution in [1.29, 1.82) is 0 Å². The van der Waals surface area contributed by atoms with Crippen molar-refractivity contribution in [1.82, 2.24) is 4.90 Å². The number of likely N-dealkylation sites (tertiary alicyclic amines) is 1. The lowest BCUT2D eigenvalue weighted by atomic mass is 9.77. The highest BCUT2D eigenvalue weighted by Gasteiger charge is 2.41. The fraction of sp³-hybridized carbons (Fsp3) is 0.900. The largest absolute Gasteiger partial charge is 0.340 e. The molecule has 14 heavy (non-hydrogen) atoms. The molecule has 0 aliphatic carbocycles. The summed E-state index contributed by atoms with van der Waals surface area (Å²) in [5.41, 5.74) is -0.911. The van der Waals surface area contributed by atoms with Gasteiger partial charge in [-0.05, 0) is 19.8 Å². The summed E-state index contributed by atoms with van der Waals surface area (Å²) < 4.78 is 25.4. The molecule has 0 spiro atoms. The molecule has 2 nitrogen and oxygen atoms in total. The van der Waals surface area contributed by atoms with Crippen LogP contribution in [-0.2, 0) is 4.79 Å². The van der Waals surface area contributed by atoms with Crippen LogP contribution in [0.1, 0.15) is 33.6 Å². The molecule has 0 aromatic carbocycles. The molecule has 1 heterocycles. The van der Waals surface area contributed by atoms with Crippen molar-refractivity contribution in [3.63, 3.8) is 0 Å². The fourth-order valence-electron chi connectivity index (χ4n) is 2.15. The van der Waals surface area contributed by atoms with E-state index in [0.717, 1.165) is 0 Å². The maximum absolute atomic E-state index is 12.7. The molecule has 0 radical (unpaired) electrons. The summed E-state index contributed by atoms with van der Waals surface area (Å²) in [6.07, 6.45) is -1.50. The van der Waals surface area contributed by atoms with Crippen molar-refractivity contribution in [3.05, 3.63) is 0 Å². The van der Waals surface area contributed by atoms with Crippen LogP contribution in [0.5, 0.6) is 0 Å². The maximum atomic E-state index is 12.7. The van der Waals surface area contributed by atoms with Gasteiger partial charge in [-0.2, -0.15) is 0 Å². The normalized spacial score (nSPS) is 33.6. The van der Waals surface area contributed by atoms with E-state index in [1.807, 2.05) is 6.92 Å². The Morgan fingerprint density at radius 2 is 2.14 bits per heavy atom. The number of halogens is 2. The summed E-state index contributed by atoms with van der Waals surface area (Å²) in [5.74, 6) is -0.0196. The third-order valence-electron chi connectivity index (χ3n) is 3.15. The minimum absolute atomic E-state index is 0.0196. The molecule has 0 aromatic rings. The molecular weight excluding hydrogens is 188 g/mol. The molecule has 4 heteroatoms. The van der Waals surface area contributed by atoms with Gasteiger partial charge in [-0.25, -0.2) is 8.78 Å². The Balaban J connectivity index is 2.67. The number of alkyl halides is 2. The molecule has 1 fully saturated rings. The first-order chi connectivity index (χ1) is 6.37. The van der Waals surface area contributed by atoms with Gasteiger partial charge in [0, 0.05) is 24.9 Å². The predicted molar refractivity (Wildman–Crippen MR) is 50.2 cm³/mol. The lowest BCUT2D eigenvalue weighted by Crippen LogP contribution is -2.49. The molecule has 2 atom stereocenters. The van der Waals surface area contributed by atoms with Crippen LogP contribution in [0.2, 0.25) is 0 Å². The SMILES string of the molecule is CC(=O)N1CCC(C)(C(F)F)CC1C. The first-order valence-corrected chi connectivity index (χ1v) is 4.92. The summed E-state index contributed by atoms with van der Waals surface area (Å²) >= 11 is 0. The summed E-state index contributed by atoms with van der Waals surface area (Å²) in [6.45, 7) is 5.38. The van der Waals surface area contributed by atoms with E-state index in [9.17, 15) is 13.6 Å². The highest BCUT2D eigenvalue weighted by atomic mass is 19.3. The van der Waals surface area contributed by atoms with Gasteiger partial charge in [-0.3, -0.25) is 4.79 Å². The molecule has 1 amide bonds. The smallest absolute Gasteiger partial charge is 0.244 e. The van der Waals surface area contributed by atoms with Gasteiger partial charge in [0.2, 0.25) is 12.3 Å². The zero-order chi connectivity index (χ0) is 10.9. The van der Waals surface area contributed by atoms with Crippen LogP contribution in [-0.4, -0.2) is 29.8 Å². The number of amides is 1. The zero-order valence-electron chi connectivity index (χ0n) is 8.89. The summed E-state index contributed by atoms with van der Waals surface area (Å²) in [6, 6.07) is -0.0692. The van der Waals surface area contributed by atoms with Crippen molar-refractivity contribution in [2.75, 3.05) is 6.54 Å². The van der Waals surface area contributed by atoms with E-state index in [4.69, 9.17) is 0 Å². The van der Waals surface area contributed by atoms with Crippen molar-refractivity contribution in [2.24, 2.45) is 5.41 Å². The molecule has 0 N–H and O–H groups in total. The molecule has 0 saturated carbocycles. The number of piperidine rings is 1. The molecule has 1 saturated heterocycles. The van der Waals surface area contributed by atoms with Gasteiger partial charge in [-0.1, -0.05) is 6.92 Å². The summed E-state index contributed by atoms with van der Waals surface area (Å²) in [5, 5.41) is 0. The van der Waals surface area contributed by atoms with E-state index >= 15 is 0 Å². The van der Waals surface area contributed by atoms with Crippen LogP contribution in [0.3, 0.4) is 0 Å². The number of hydrogen-bond acceptors (Lipinski definition) is 1. The van der Waals surface area contributed by atoms with Gasteiger partial charge in [0.25, 0.3) is 0 Å². The molecular formula is C10H17F2NO. The number of nitrogens with zero attached hydrogens (tertiary/aromatic N) is 1. The minimum Gasteiger partial charge on any atom is -0.340 e. The zero-order valence-corrected chi connectivity index (χ0v) is 8.89. The van der Waals surface area contributed by atoms with Crippen molar-refractivity contribution in [3.8, 4) is 0 Å². The molecule has 1 rings (SSSR count). The molecule has 0 aromatic heterocycles. The molecule has 82 valence electrons. The first-order valence-electron chi connectivity index (χ1n) is 4.92. The quantitative estimate of drug-likeness (QED) is 0.643. The first kappa shape index (κ1) is 11.4. The second-order valence-corrected chi connectivity index (χ2v) is 4.47. The van der Waals surface area contributed by atoms with Crippen LogP contribution >= 0.6 is 0 Å². The van der Waals surface area contributed by atoms with E-state index in [1.54, 1.807) is 11.8 Å². The molecule has 2 unspecified atom stereocenters. The van der Waals surface area contributed by atoms with Gasteiger partial charge in [0.05, 0.1) is 0 Å².